The Balaban J connectivity index is 1.96. The predicted octanol–water partition coefficient (Wildman–Crippen LogP) is 2.03. The topological polar surface area (TPSA) is 84.3 Å². The first kappa shape index (κ1) is 17.7. The second-order valence-corrected chi connectivity index (χ2v) is 6.80. The first-order chi connectivity index (χ1) is 10.6. The molecular formula is C12H11F3N4O2S2. The molecule has 2 rings (SSSR count). The Morgan fingerprint density at radius 2 is 2.13 bits per heavy atom. The van der Waals surface area contributed by atoms with Crippen LogP contribution in [0.2, 0.25) is 0 Å². The van der Waals surface area contributed by atoms with Crippen molar-refractivity contribution in [2.45, 2.75) is 30.4 Å². The first-order valence-electron chi connectivity index (χ1n) is 6.30. The highest BCUT2D eigenvalue weighted by molar-refractivity contribution is 8.15. The van der Waals surface area contributed by atoms with E-state index in [-0.39, 0.29) is 32.9 Å². The number of nitrogens with one attached hydrogen (secondary N) is 1. The molecular weight excluding hydrogens is 353 g/mol. The average molecular weight is 364 g/mol. The fourth-order valence-corrected chi connectivity index (χ4v) is 3.04. The molecule has 0 fully saturated rings. The number of nitrogens with zero attached hydrogens (tertiary/aromatic N) is 3. The van der Waals surface area contributed by atoms with Crippen LogP contribution < -0.4 is 5.32 Å². The minimum Gasteiger partial charge on any atom is -0.304 e. The lowest BCUT2D eigenvalue weighted by Gasteiger charge is -2.08. The molecule has 0 radical (unpaired) electrons. The highest BCUT2D eigenvalue weighted by Crippen LogP contribution is 2.29. The zero-order valence-corrected chi connectivity index (χ0v) is 13.6. The van der Waals surface area contributed by atoms with Crippen molar-refractivity contribution in [2.75, 3.05) is 5.75 Å². The van der Waals surface area contributed by atoms with Crippen molar-refractivity contribution in [3.63, 3.8) is 0 Å². The second-order valence-electron chi connectivity index (χ2n) is 4.53. The molecule has 11 heteroatoms. The number of alkyl halides is 3. The summed E-state index contributed by atoms with van der Waals surface area (Å²) < 4.78 is 38.0. The number of aliphatic imine (C=N–C) groups is 1. The number of rotatable bonds is 3. The first-order valence-corrected chi connectivity index (χ1v) is 8.16. The van der Waals surface area contributed by atoms with Gasteiger partial charge in [0.15, 0.2) is 10.3 Å². The van der Waals surface area contributed by atoms with Gasteiger partial charge in [-0.15, -0.1) is 0 Å². The monoisotopic (exact) mass is 364 g/mol. The van der Waals surface area contributed by atoms with Gasteiger partial charge in [0.05, 0.1) is 11.0 Å². The summed E-state index contributed by atoms with van der Waals surface area (Å²) in [6.45, 7) is 3.07. The van der Waals surface area contributed by atoms with E-state index in [1.807, 2.05) is 0 Å². The van der Waals surface area contributed by atoms with Crippen LogP contribution >= 0.6 is 23.5 Å². The van der Waals surface area contributed by atoms with E-state index in [0.717, 1.165) is 29.6 Å². The molecule has 23 heavy (non-hydrogen) atoms. The van der Waals surface area contributed by atoms with Crippen molar-refractivity contribution in [1.29, 1.82) is 0 Å². The fraction of sp³-hybridized carbons (Fsp3) is 0.417. The Bertz CT molecular complexity index is 679. The van der Waals surface area contributed by atoms with Crippen LogP contribution in [-0.4, -0.2) is 38.0 Å². The third-order valence-corrected chi connectivity index (χ3v) is 4.37. The largest absolute Gasteiger partial charge is 0.433 e. The summed E-state index contributed by atoms with van der Waals surface area (Å²) in [6, 6.07) is 0.834. The maximum Gasteiger partial charge on any atom is 0.433 e. The standard InChI is InChI=1S/C12H11F3N4O2S2/c1-5-3-7(12(13,14)15)17-10(16-5)22-4-8(20)18-11-19-9(21)6(2)23-11/h3,6H,4H2,1-2H3,(H,18,19,20,21)/t6-/m0/s1. The number of halogens is 3. The van der Waals surface area contributed by atoms with Gasteiger partial charge in [0, 0.05) is 5.69 Å². The molecule has 1 atom stereocenters. The summed E-state index contributed by atoms with van der Waals surface area (Å²) in [7, 11) is 0. The summed E-state index contributed by atoms with van der Waals surface area (Å²) in [5.74, 6) is -1.03. The number of thioether (sulfide) groups is 2. The van der Waals surface area contributed by atoms with Gasteiger partial charge in [-0.05, 0) is 19.9 Å². The summed E-state index contributed by atoms with van der Waals surface area (Å²) in [6.07, 6.45) is -4.57. The molecule has 0 bridgehead atoms. The molecule has 1 aliphatic rings. The van der Waals surface area contributed by atoms with Gasteiger partial charge in [0.1, 0.15) is 5.69 Å². The van der Waals surface area contributed by atoms with Crippen LogP contribution in [0.3, 0.4) is 0 Å². The number of carbonyl (C=O) groups excluding carboxylic acids is 2. The van der Waals surface area contributed by atoms with Gasteiger partial charge in [-0.3, -0.25) is 9.59 Å². The Morgan fingerprint density at radius 3 is 2.70 bits per heavy atom. The Morgan fingerprint density at radius 1 is 1.43 bits per heavy atom. The number of amides is 2. The van der Waals surface area contributed by atoms with E-state index < -0.39 is 17.8 Å². The summed E-state index contributed by atoms with van der Waals surface area (Å²) in [5, 5.41) is 2.12. The van der Waals surface area contributed by atoms with Gasteiger partial charge >= 0.3 is 6.18 Å². The smallest absolute Gasteiger partial charge is 0.304 e. The van der Waals surface area contributed by atoms with Gasteiger partial charge in [-0.2, -0.15) is 18.2 Å². The fourth-order valence-electron chi connectivity index (χ4n) is 1.53. The van der Waals surface area contributed by atoms with Crippen LogP contribution in [-0.2, 0) is 15.8 Å². The molecule has 6 nitrogen and oxygen atoms in total. The quantitative estimate of drug-likeness (QED) is 0.653. The summed E-state index contributed by atoms with van der Waals surface area (Å²) in [5.41, 5.74) is -0.895. The van der Waals surface area contributed by atoms with E-state index in [1.165, 1.54) is 6.92 Å². The third kappa shape index (κ3) is 4.93. The molecule has 1 aromatic heterocycles. The molecule has 0 aromatic carbocycles. The van der Waals surface area contributed by atoms with E-state index in [9.17, 15) is 22.8 Å². The third-order valence-electron chi connectivity index (χ3n) is 2.55. The van der Waals surface area contributed by atoms with Gasteiger partial charge in [0.2, 0.25) is 5.91 Å². The maximum absolute atomic E-state index is 12.7. The molecule has 124 valence electrons. The molecule has 2 heterocycles. The number of aromatic nitrogens is 2. The van der Waals surface area contributed by atoms with E-state index >= 15 is 0 Å². The summed E-state index contributed by atoms with van der Waals surface area (Å²) >= 11 is 1.89. The normalized spacial score (nSPS) is 18.0. The number of amidine groups is 1. The molecule has 0 spiro atoms. The highest BCUT2D eigenvalue weighted by atomic mass is 32.2. The van der Waals surface area contributed by atoms with Crippen LogP contribution in [0.1, 0.15) is 18.3 Å². The van der Waals surface area contributed by atoms with Crippen molar-refractivity contribution in [3.05, 3.63) is 17.5 Å². The van der Waals surface area contributed by atoms with Gasteiger partial charge in [0.25, 0.3) is 5.91 Å². The minimum atomic E-state index is -4.57. The van der Waals surface area contributed by atoms with E-state index in [0.29, 0.717) is 0 Å². The minimum absolute atomic E-state index is 0.141. The lowest BCUT2D eigenvalue weighted by molar-refractivity contribution is -0.141. The van der Waals surface area contributed by atoms with E-state index in [4.69, 9.17) is 0 Å². The van der Waals surface area contributed by atoms with Crippen molar-refractivity contribution in [1.82, 2.24) is 15.3 Å². The number of carbonyl (C=O) groups is 2. The van der Waals surface area contributed by atoms with Gasteiger partial charge < -0.3 is 5.32 Å². The number of aryl methyl sites for hydroxylation is 1. The Kier molecular flexibility index (Phi) is 5.30. The summed E-state index contributed by atoms with van der Waals surface area (Å²) in [4.78, 5) is 33.9. The van der Waals surface area contributed by atoms with Crippen molar-refractivity contribution < 1.29 is 22.8 Å². The van der Waals surface area contributed by atoms with Crippen molar-refractivity contribution in [3.8, 4) is 0 Å². The van der Waals surface area contributed by atoms with Crippen LogP contribution in [0.5, 0.6) is 0 Å². The molecule has 0 aliphatic carbocycles. The Labute approximate surface area is 137 Å². The number of hydrogen-bond donors (Lipinski definition) is 1. The lowest BCUT2D eigenvalue weighted by atomic mass is 10.3. The van der Waals surface area contributed by atoms with Gasteiger partial charge in [-0.25, -0.2) is 9.97 Å². The molecule has 1 aromatic rings. The van der Waals surface area contributed by atoms with Crippen molar-refractivity contribution in [2.24, 2.45) is 4.99 Å². The lowest BCUT2D eigenvalue weighted by Crippen LogP contribution is -2.29. The second kappa shape index (κ2) is 6.87. The molecule has 0 saturated carbocycles. The molecule has 1 aliphatic heterocycles. The predicted molar refractivity (Wildman–Crippen MR) is 80.1 cm³/mol. The van der Waals surface area contributed by atoms with E-state index in [1.54, 1.807) is 6.92 Å². The zero-order valence-electron chi connectivity index (χ0n) is 12.0. The Hall–Kier alpha value is -1.62. The zero-order chi connectivity index (χ0) is 17.2. The van der Waals surface area contributed by atoms with Crippen molar-refractivity contribution >= 4 is 40.5 Å². The average Bonchev–Trinajstić information content (AvgIpc) is 2.73. The molecule has 2 amide bonds. The van der Waals surface area contributed by atoms with Crippen LogP contribution in [0.25, 0.3) is 0 Å². The molecule has 1 N–H and O–H groups in total. The van der Waals surface area contributed by atoms with Crippen LogP contribution in [0.15, 0.2) is 16.2 Å². The SMILES string of the molecule is Cc1cc(C(F)(F)F)nc(SCC(=O)NC2=NC(=O)[C@H](C)S2)n1. The maximum atomic E-state index is 12.7. The number of hydrogen-bond acceptors (Lipinski definition) is 6. The van der Waals surface area contributed by atoms with Crippen LogP contribution in [0.4, 0.5) is 13.2 Å². The van der Waals surface area contributed by atoms with Crippen LogP contribution in [0, 0.1) is 6.92 Å². The molecule has 0 saturated heterocycles. The van der Waals surface area contributed by atoms with Gasteiger partial charge in [-0.1, -0.05) is 23.5 Å². The molecule has 0 unspecified atom stereocenters. The highest BCUT2D eigenvalue weighted by Gasteiger charge is 2.33. The van der Waals surface area contributed by atoms with E-state index in [2.05, 4.69) is 20.3 Å².